The van der Waals surface area contributed by atoms with Crippen molar-refractivity contribution in [2.24, 2.45) is 0 Å². The molecular weight excluding hydrogens is 305 g/mol. The largest absolute Gasteiger partial charge is 0.375 e. The van der Waals surface area contributed by atoms with Gasteiger partial charge in [-0.05, 0) is 41.8 Å². The van der Waals surface area contributed by atoms with Crippen LogP contribution < -0.4 is 5.32 Å². The summed E-state index contributed by atoms with van der Waals surface area (Å²) in [5, 5.41) is 3.23. The number of allylic oxidation sites excluding steroid dienone is 2. The van der Waals surface area contributed by atoms with Crippen molar-refractivity contribution in [2.45, 2.75) is 0 Å². The van der Waals surface area contributed by atoms with Gasteiger partial charge in [0, 0.05) is 18.8 Å². The Labute approximate surface area is 103 Å². The van der Waals surface area contributed by atoms with Crippen LogP contribution in [0.5, 0.6) is 0 Å². The summed E-state index contributed by atoms with van der Waals surface area (Å²) < 4.78 is 1.12. The van der Waals surface area contributed by atoms with E-state index in [0.29, 0.717) is 6.54 Å². The Morgan fingerprint density at radius 2 is 2.20 bits per heavy atom. The lowest BCUT2D eigenvalue weighted by molar-refractivity contribution is -0.133. The van der Waals surface area contributed by atoms with Crippen LogP contribution in [-0.2, 0) is 4.79 Å². The molecule has 0 aromatic carbocycles. The summed E-state index contributed by atoms with van der Waals surface area (Å²) in [5.74, 6) is 0.196. The summed E-state index contributed by atoms with van der Waals surface area (Å²) in [5.41, 5.74) is 1.08. The Morgan fingerprint density at radius 1 is 1.40 bits per heavy atom. The number of piperazine rings is 1. The van der Waals surface area contributed by atoms with E-state index in [0.717, 1.165) is 29.0 Å². The van der Waals surface area contributed by atoms with Crippen LogP contribution in [0.4, 0.5) is 0 Å². The summed E-state index contributed by atoms with van der Waals surface area (Å²) in [6.45, 7) is 3.03. The molecule has 5 heteroatoms. The SMILES string of the molecule is CN1CCN(C2=CC=C(I)NC2)C(=O)C1. The minimum Gasteiger partial charge on any atom is -0.375 e. The molecule has 0 radical (unpaired) electrons. The topological polar surface area (TPSA) is 35.6 Å². The molecule has 0 saturated carbocycles. The van der Waals surface area contributed by atoms with Crippen LogP contribution in [0.3, 0.4) is 0 Å². The van der Waals surface area contributed by atoms with E-state index < -0.39 is 0 Å². The van der Waals surface area contributed by atoms with E-state index >= 15 is 0 Å². The number of carbonyl (C=O) groups excluding carboxylic acids is 1. The van der Waals surface area contributed by atoms with E-state index in [1.54, 1.807) is 0 Å². The van der Waals surface area contributed by atoms with Crippen molar-refractivity contribution in [3.8, 4) is 0 Å². The highest BCUT2D eigenvalue weighted by Crippen LogP contribution is 2.15. The minimum absolute atomic E-state index is 0.196. The van der Waals surface area contributed by atoms with Crippen LogP contribution in [-0.4, -0.2) is 48.9 Å². The van der Waals surface area contributed by atoms with Crippen molar-refractivity contribution in [2.75, 3.05) is 33.2 Å². The number of hydrogen-bond donors (Lipinski definition) is 1. The quantitative estimate of drug-likeness (QED) is 0.566. The Morgan fingerprint density at radius 3 is 2.80 bits per heavy atom. The zero-order valence-corrected chi connectivity index (χ0v) is 10.8. The van der Waals surface area contributed by atoms with Gasteiger partial charge in [0.1, 0.15) is 0 Å². The maximum Gasteiger partial charge on any atom is 0.240 e. The molecule has 1 fully saturated rings. The van der Waals surface area contributed by atoms with Gasteiger partial charge in [0.25, 0.3) is 0 Å². The molecule has 0 atom stereocenters. The van der Waals surface area contributed by atoms with Crippen molar-refractivity contribution in [1.82, 2.24) is 15.1 Å². The molecule has 4 nitrogen and oxygen atoms in total. The minimum atomic E-state index is 0.196. The Bertz CT molecular complexity index is 338. The average molecular weight is 319 g/mol. The third kappa shape index (κ3) is 2.52. The molecule has 2 rings (SSSR count). The molecule has 2 aliphatic rings. The molecular formula is C10H14IN3O. The third-order valence-electron chi connectivity index (χ3n) is 2.62. The molecule has 1 amide bonds. The Kier molecular flexibility index (Phi) is 3.30. The number of carbonyl (C=O) groups is 1. The summed E-state index contributed by atoms with van der Waals surface area (Å²) >= 11 is 2.24. The lowest BCUT2D eigenvalue weighted by Crippen LogP contribution is -2.49. The lowest BCUT2D eigenvalue weighted by atomic mass is 10.2. The number of likely N-dealkylation sites (N-methyl/N-ethyl adjacent to an activating group) is 1. The molecule has 2 aliphatic heterocycles. The standard InChI is InChI=1S/C10H14IN3O/c1-13-4-5-14(10(15)7-13)8-2-3-9(11)12-6-8/h2-3,12H,4-7H2,1H3. The third-order valence-corrected chi connectivity index (χ3v) is 3.36. The normalized spacial score (nSPS) is 23.3. The number of amides is 1. The molecule has 82 valence electrons. The molecule has 2 heterocycles. The molecule has 1 N–H and O–H groups in total. The number of dihydropyridines is 1. The summed E-state index contributed by atoms with van der Waals surface area (Å²) in [4.78, 5) is 15.7. The van der Waals surface area contributed by atoms with Gasteiger partial charge in [0.15, 0.2) is 0 Å². The molecule has 0 aromatic rings. The summed E-state index contributed by atoms with van der Waals surface area (Å²) in [7, 11) is 1.98. The number of rotatable bonds is 1. The first-order valence-corrected chi connectivity index (χ1v) is 6.04. The Hall–Kier alpha value is -0.560. The summed E-state index contributed by atoms with van der Waals surface area (Å²) in [6.07, 6.45) is 4.03. The lowest BCUT2D eigenvalue weighted by Gasteiger charge is -2.34. The van der Waals surface area contributed by atoms with Gasteiger partial charge in [0.05, 0.1) is 16.8 Å². The fourth-order valence-corrected chi connectivity index (χ4v) is 2.11. The van der Waals surface area contributed by atoms with Crippen molar-refractivity contribution < 1.29 is 4.79 Å². The van der Waals surface area contributed by atoms with Crippen LogP contribution in [0.2, 0.25) is 0 Å². The Balaban J connectivity index is 2.08. The van der Waals surface area contributed by atoms with Crippen LogP contribution in [0.15, 0.2) is 21.6 Å². The molecule has 0 unspecified atom stereocenters. The van der Waals surface area contributed by atoms with Gasteiger partial charge >= 0.3 is 0 Å². The van der Waals surface area contributed by atoms with Crippen molar-refractivity contribution in [3.63, 3.8) is 0 Å². The number of nitrogens with one attached hydrogen (secondary N) is 1. The monoisotopic (exact) mass is 319 g/mol. The van der Waals surface area contributed by atoms with Gasteiger partial charge in [-0.2, -0.15) is 0 Å². The van der Waals surface area contributed by atoms with E-state index in [2.05, 4.69) is 32.8 Å². The number of hydrogen-bond acceptors (Lipinski definition) is 3. The van der Waals surface area contributed by atoms with Crippen LogP contribution in [0.1, 0.15) is 0 Å². The fraction of sp³-hybridized carbons (Fsp3) is 0.500. The van der Waals surface area contributed by atoms with Crippen LogP contribution >= 0.6 is 22.6 Å². The van der Waals surface area contributed by atoms with Crippen molar-refractivity contribution in [1.29, 1.82) is 0 Å². The molecule has 0 aliphatic carbocycles. The predicted molar refractivity (Wildman–Crippen MR) is 67.4 cm³/mol. The van der Waals surface area contributed by atoms with E-state index in [9.17, 15) is 4.79 Å². The molecule has 0 aromatic heterocycles. The predicted octanol–water partition coefficient (Wildman–Crippen LogP) is 0.524. The first kappa shape index (κ1) is 10.9. The molecule has 0 bridgehead atoms. The maximum absolute atomic E-state index is 11.8. The van der Waals surface area contributed by atoms with Gasteiger partial charge in [0.2, 0.25) is 5.91 Å². The first-order valence-electron chi connectivity index (χ1n) is 4.96. The second kappa shape index (κ2) is 4.52. The van der Waals surface area contributed by atoms with E-state index in [-0.39, 0.29) is 5.91 Å². The zero-order chi connectivity index (χ0) is 10.8. The smallest absolute Gasteiger partial charge is 0.240 e. The van der Waals surface area contributed by atoms with E-state index in [1.807, 2.05) is 24.1 Å². The highest BCUT2D eigenvalue weighted by molar-refractivity contribution is 14.1. The second-order valence-electron chi connectivity index (χ2n) is 3.81. The number of halogens is 1. The number of nitrogens with zero attached hydrogens (tertiary/aromatic N) is 2. The molecule has 0 spiro atoms. The van der Waals surface area contributed by atoms with Gasteiger partial charge in [-0.3, -0.25) is 9.69 Å². The van der Waals surface area contributed by atoms with Crippen molar-refractivity contribution in [3.05, 3.63) is 21.6 Å². The highest BCUT2D eigenvalue weighted by atomic mass is 127. The first-order chi connectivity index (χ1) is 7.16. The maximum atomic E-state index is 11.8. The van der Waals surface area contributed by atoms with Crippen molar-refractivity contribution >= 4 is 28.5 Å². The van der Waals surface area contributed by atoms with Crippen LogP contribution in [0.25, 0.3) is 0 Å². The second-order valence-corrected chi connectivity index (χ2v) is 4.97. The van der Waals surface area contributed by atoms with E-state index in [4.69, 9.17) is 0 Å². The van der Waals surface area contributed by atoms with Gasteiger partial charge in [-0.1, -0.05) is 0 Å². The average Bonchev–Trinajstić information content (AvgIpc) is 2.20. The van der Waals surface area contributed by atoms with Gasteiger partial charge in [-0.25, -0.2) is 0 Å². The summed E-state index contributed by atoms with van der Waals surface area (Å²) in [6, 6.07) is 0. The molecule has 15 heavy (non-hydrogen) atoms. The van der Waals surface area contributed by atoms with Gasteiger partial charge < -0.3 is 10.2 Å². The van der Waals surface area contributed by atoms with Gasteiger partial charge in [-0.15, -0.1) is 0 Å². The van der Waals surface area contributed by atoms with E-state index in [1.165, 1.54) is 0 Å². The molecule has 1 saturated heterocycles. The zero-order valence-electron chi connectivity index (χ0n) is 8.66. The fourth-order valence-electron chi connectivity index (χ4n) is 1.74. The highest BCUT2D eigenvalue weighted by Gasteiger charge is 2.24. The van der Waals surface area contributed by atoms with Crippen LogP contribution in [0, 0.1) is 0 Å².